The zero-order valence-electron chi connectivity index (χ0n) is 11.7. The SMILES string of the molecule is COc1ccc(COC(=O)O)c(F)c1-c1cccc(C#N)c1. The number of ether oxygens (including phenoxy) is 2. The molecule has 0 bridgehead atoms. The lowest BCUT2D eigenvalue weighted by molar-refractivity contribution is 0.0845. The molecule has 0 aliphatic rings. The van der Waals surface area contributed by atoms with Gasteiger partial charge in [0.2, 0.25) is 0 Å². The van der Waals surface area contributed by atoms with E-state index in [2.05, 4.69) is 4.74 Å². The van der Waals surface area contributed by atoms with Crippen LogP contribution in [0.4, 0.5) is 9.18 Å². The molecule has 2 rings (SSSR count). The first-order valence-electron chi connectivity index (χ1n) is 6.28. The van der Waals surface area contributed by atoms with E-state index >= 15 is 0 Å². The summed E-state index contributed by atoms with van der Waals surface area (Å²) in [6.45, 7) is -0.407. The number of nitrogens with zero attached hydrogens (tertiary/aromatic N) is 1. The summed E-state index contributed by atoms with van der Waals surface area (Å²) < 4.78 is 24.2. The van der Waals surface area contributed by atoms with E-state index in [1.54, 1.807) is 18.2 Å². The average molecular weight is 301 g/mol. The van der Waals surface area contributed by atoms with Crippen molar-refractivity contribution in [2.24, 2.45) is 0 Å². The van der Waals surface area contributed by atoms with Crippen molar-refractivity contribution in [1.82, 2.24) is 0 Å². The van der Waals surface area contributed by atoms with Crippen molar-refractivity contribution < 1.29 is 23.8 Å². The molecule has 0 radical (unpaired) electrons. The van der Waals surface area contributed by atoms with Gasteiger partial charge in [0.15, 0.2) is 0 Å². The molecule has 0 aliphatic heterocycles. The summed E-state index contributed by atoms with van der Waals surface area (Å²) in [7, 11) is 1.40. The van der Waals surface area contributed by atoms with Gasteiger partial charge in [0.1, 0.15) is 18.2 Å². The van der Waals surface area contributed by atoms with Crippen molar-refractivity contribution in [2.75, 3.05) is 7.11 Å². The molecule has 22 heavy (non-hydrogen) atoms. The first kappa shape index (κ1) is 15.3. The summed E-state index contributed by atoms with van der Waals surface area (Å²) >= 11 is 0. The van der Waals surface area contributed by atoms with Crippen LogP contribution in [-0.4, -0.2) is 18.4 Å². The van der Waals surface area contributed by atoms with Crippen molar-refractivity contribution in [2.45, 2.75) is 6.61 Å². The standard InChI is InChI=1S/C16H12FNO4/c1-21-13-6-5-12(9-22-16(19)20)15(17)14(13)11-4-2-3-10(7-11)8-18/h2-7H,9H2,1H3,(H,19,20). The number of hydrogen-bond acceptors (Lipinski definition) is 4. The van der Waals surface area contributed by atoms with E-state index in [0.717, 1.165) is 0 Å². The van der Waals surface area contributed by atoms with Gasteiger partial charge in [-0.1, -0.05) is 12.1 Å². The van der Waals surface area contributed by atoms with Gasteiger partial charge in [-0.2, -0.15) is 5.26 Å². The highest BCUT2D eigenvalue weighted by Gasteiger charge is 2.17. The Bertz CT molecular complexity index is 752. The highest BCUT2D eigenvalue weighted by molar-refractivity contribution is 5.73. The Morgan fingerprint density at radius 2 is 2.14 bits per heavy atom. The third kappa shape index (κ3) is 3.15. The molecule has 0 saturated heterocycles. The number of nitriles is 1. The molecule has 0 aliphatic carbocycles. The minimum Gasteiger partial charge on any atom is -0.496 e. The van der Waals surface area contributed by atoms with Crippen LogP contribution in [0.15, 0.2) is 36.4 Å². The Labute approximate surface area is 126 Å². The quantitative estimate of drug-likeness (QED) is 0.873. The largest absolute Gasteiger partial charge is 0.506 e. The van der Waals surface area contributed by atoms with Crippen LogP contribution in [0.2, 0.25) is 0 Å². The molecule has 0 unspecified atom stereocenters. The van der Waals surface area contributed by atoms with E-state index in [-0.39, 0.29) is 16.9 Å². The molecule has 0 atom stereocenters. The van der Waals surface area contributed by atoms with Crippen LogP contribution in [0.5, 0.6) is 5.75 Å². The molecule has 5 nitrogen and oxygen atoms in total. The van der Waals surface area contributed by atoms with E-state index in [1.807, 2.05) is 6.07 Å². The van der Waals surface area contributed by atoms with Crippen molar-refractivity contribution in [1.29, 1.82) is 5.26 Å². The second-order valence-corrected chi connectivity index (χ2v) is 4.36. The van der Waals surface area contributed by atoms with Gasteiger partial charge in [-0.05, 0) is 29.8 Å². The zero-order valence-corrected chi connectivity index (χ0v) is 11.7. The second kappa shape index (κ2) is 6.59. The first-order valence-corrected chi connectivity index (χ1v) is 6.28. The predicted octanol–water partition coefficient (Wildman–Crippen LogP) is 3.57. The molecule has 2 aromatic rings. The monoisotopic (exact) mass is 301 g/mol. The number of methoxy groups -OCH3 is 1. The summed E-state index contributed by atoms with van der Waals surface area (Å²) in [6, 6.07) is 11.3. The van der Waals surface area contributed by atoms with Gasteiger partial charge in [-0.3, -0.25) is 0 Å². The highest BCUT2D eigenvalue weighted by Crippen LogP contribution is 2.35. The lowest BCUT2D eigenvalue weighted by Crippen LogP contribution is -2.04. The summed E-state index contributed by atoms with van der Waals surface area (Å²) in [5.74, 6) is -0.359. The van der Waals surface area contributed by atoms with E-state index in [4.69, 9.17) is 15.1 Å². The maximum absolute atomic E-state index is 14.7. The van der Waals surface area contributed by atoms with Gasteiger partial charge in [0.25, 0.3) is 0 Å². The van der Waals surface area contributed by atoms with Crippen LogP contribution in [0.1, 0.15) is 11.1 Å². The highest BCUT2D eigenvalue weighted by atomic mass is 19.1. The zero-order chi connectivity index (χ0) is 16.1. The topological polar surface area (TPSA) is 79.6 Å². The van der Waals surface area contributed by atoms with Crippen LogP contribution < -0.4 is 4.74 Å². The number of hydrogen-bond donors (Lipinski definition) is 1. The molecule has 6 heteroatoms. The molecular formula is C16H12FNO4. The summed E-state index contributed by atoms with van der Waals surface area (Å²) in [5.41, 5.74) is 1.09. The van der Waals surface area contributed by atoms with E-state index in [1.165, 1.54) is 25.3 Å². The number of rotatable bonds is 4. The number of halogens is 1. The van der Waals surface area contributed by atoms with Crippen LogP contribution in [0.3, 0.4) is 0 Å². The van der Waals surface area contributed by atoms with Crippen LogP contribution in [0, 0.1) is 17.1 Å². The van der Waals surface area contributed by atoms with Gasteiger partial charge in [-0.25, -0.2) is 9.18 Å². The van der Waals surface area contributed by atoms with Crippen molar-refractivity contribution in [3.8, 4) is 22.9 Å². The molecule has 0 aromatic heterocycles. The molecule has 0 fully saturated rings. The molecule has 0 saturated carbocycles. The smallest absolute Gasteiger partial charge is 0.496 e. The predicted molar refractivity (Wildman–Crippen MR) is 75.9 cm³/mol. The minimum absolute atomic E-state index is 0.0839. The molecule has 0 heterocycles. The Morgan fingerprint density at radius 3 is 2.77 bits per heavy atom. The van der Waals surface area contributed by atoms with Crippen LogP contribution in [0.25, 0.3) is 11.1 Å². The van der Waals surface area contributed by atoms with E-state index < -0.39 is 18.6 Å². The Kier molecular flexibility index (Phi) is 4.59. The van der Waals surface area contributed by atoms with Gasteiger partial charge >= 0.3 is 6.16 Å². The van der Waals surface area contributed by atoms with Crippen molar-refractivity contribution in [3.63, 3.8) is 0 Å². The Hall–Kier alpha value is -3.07. The third-order valence-corrected chi connectivity index (χ3v) is 3.04. The summed E-state index contributed by atoms with van der Waals surface area (Å²) in [5, 5.41) is 17.5. The lowest BCUT2D eigenvalue weighted by Gasteiger charge is -2.13. The number of carbonyl (C=O) groups is 1. The normalized spacial score (nSPS) is 9.86. The third-order valence-electron chi connectivity index (χ3n) is 3.04. The fraction of sp³-hybridized carbons (Fsp3) is 0.125. The van der Waals surface area contributed by atoms with E-state index in [0.29, 0.717) is 11.1 Å². The second-order valence-electron chi connectivity index (χ2n) is 4.36. The van der Waals surface area contributed by atoms with Crippen molar-refractivity contribution >= 4 is 6.16 Å². The van der Waals surface area contributed by atoms with Gasteiger partial charge in [0.05, 0.1) is 24.3 Å². The molecule has 1 N–H and O–H groups in total. The summed E-state index contributed by atoms with van der Waals surface area (Å²) in [4.78, 5) is 10.4. The fourth-order valence-electron chi connectivity index (χ4n) is 2.04. The Morgan fingerprint density at radius 1 is 1.36 bits per heavy atom. The van der Waals surface area contributed by atoms with Crippen molar-refractivity contribution in [3.05, 3.63) is 53.3 Å². The number of carboxylic acid groups (broad SMARTS) is 1. The summed E-state index contributed by atoms with van der Waals surface area (Å²) in [6.07, 6.45) is -1.48. The molecule has 2 aromatic carbocycles. The number of benzene rings is 2. The fourth-order valence-corrected chi connectivity index (χ4v) is 2.04. The molecule has 0 spiro atoms. The van der Waals surface area contributed by atoms with Gasteiger partial charge in [0, 0.05) is 5.56 Å². The molecular weight excluding hydrogens is 289 g/mol. The van der Waals surface area contributed by atoms with Crippen LogP contribution in [-0.2, 0) is 11.3 Å². The molecule has 0 amide bonds. The Balaban J connectivity index is 2.54. The maximum Gasteiger partial charge on any atom is 0.506 e. The van der Waals surface area contributed by atoms with Crippen LogP contribution >= 0.6 is 0 Å². The maximum atomic E-state index is 14.7. The average Bonchev–Trinajstić information content (AvgIpc) is 2.53. The van der Waals surface area contributed by atoms with E-state index in [9.17, 15) is 9.18 Å². The molecule has 112 valence electrons. The lowest BCUT2D eigenvalue weighted by atomic mass is 9.99. The van der Waals surface area contributed by atoms with Gasteiger partial charge in [-0.15, -0.1) is 0 Å². The minimum atomic E-state index is -1.48. The first-order chi connectivity index (χ1) is 10.6. The van der Waals surface area contributed by atoms with Gasteiger partial charge < -0.3 is 14.6 Å².